The smallest absolute Gasteiger partial charge is 0.222 e. The van der Waals surface area contributed by atoms with Crippen LogP contribution in [0.1, 0.15) is 25.7 Å². The van der Waals surface area contributed by atoms with Crippen LogP contribution in [0, 0.1) is 0 Å². The lowest BCUT2D eigenvalue weighted by Crippen LogP contribution is -2.29. The normalized spacial score (nSPS) is 23.6. The van der Waals surface area contributed by atoms with Crippen molar-refractivity contribution in [3.05, 3.63) is 11.4 Å². The molecule has 1 fully saturated rings. The lowest BCUT2D eigenvalue weighted by atomic mass is 9.93. The summed E-state index contributed by atoms with van der Waals surface area (Å²) >= 11 is 1.65. The van der Waals surface area contributed by atoms with Gasteiger partial charge in [0, 0.05) is 13.2 Å². The van der Waals surface area contributed by atoms with Crippen LogP contribution in [0.5, 0.6) is 0 Å². The van der Waals surface area contributed by atoms with Gasteiger partial charge in [-0.15, -0.1) is 11.3 Å². The van der Waals surface area contributed by atoms with Gasteiger partial charge in [-0.25, -0.2) is 4.98 Å². The van der Waals surface area contributed by atoms with Crippen LogP contribution in [-0.4, -0.2) is 29.2 Å². The van der Waals surface area contributed by atoms with E-state index < -0.39 is 0 Å². The molecular formula is C13H18N4OS. The van der Waals surface area contributed by atoms with E-state index in [2.05, 4.69) is 15.3 Å². The van der Waals surface area contributed by atoms with E-state index in [1.807, 2.05) is 11.4 Å². The van der Waals surface area contributed by atoms with Gasteiger partial charge in [-0.2, -0.15) is 4.98 Å². The number of fused-ring (bicyclic) bond motifs is 1. The summed E-state index contributed by atoms with van der Waals surface area (Å²) < 4.78 is 6.48. The summed E-state index contributed by atoms with van der Waals surface area (Å²) in [5.41, 5.74) is 6.68. The van der Waals surface area contributed by atoms with E-state index in [0.29, 0.717) is 18.1 Å². The zero-order valence-corrected chi connectivity index (χ0v) is 11.7. The molecule has 0 atom stereocenters. The molecule has 102 valence electrons. The topological polar surface area (TPSA) is 73.1 Å². The highest BCUT2D eigenvalue weighted by Gasteiger charge is 2.21. The van der Waals surface area contributed by atoms with Crippen LogP contribution in [0.3, 0.4) is 0 Å². The largest absolute Gasteiger partial charge is 0.381 e. The van der Waals surface area contributed by atoms with Gasteiger partial charge in [-0.1, -0.05) is 0 Å². The second kappa shape index (κ2) is 5.30. The average molecular weight is 278 g/mol. The number of hydrogen-bond acceptors (Lipinski definition) is 6. The van der Waals surface area contributed by atoms with Gasteiger partial charge < -0.3 is 15.8 Å². The number of hydrogen-bond donors (Lipinski definition) is 2. The molecule has 0 unspecified atom stereocenters. The molecule has 0 amide bonds. The first-order valence-electron chi connectivity index (χ1n) is 6.56. The number of methoxy groups -OCH3 is 1. The van der Waals surface area contributed by atoms with Gasteiger partial charge >= 0.3 is 0 Å². The second-order valence-corrected chi connectivity index (χ2v) is 5.84. The molecule has 0 radical (unpaired) electrons. The maximum atomic E-state index is 5.75. The SMILES string of the molecule is COC1CCC(Nc2nc(N)nc3ccsc23)CC1. The third-order valence-electron chi connectivity index (χ3n) is 3.67. The van der Waals surface area contributed by atoms with E-state index in [1.165, 1.54) is 0 Å². The number of thiophene rings is 1. The van der Waals surface area contributed by atoms with Gasteiger partial charge in [0.1, 0.15) is 5.82 Å². The number of nitrogen functional groups attached to an aromatic ring is 1. The van der Waals surface area contributed by atoms with Crippen LogP contribution in [0.15, 0.2) is 11.4 Å². The number of aromatic nitrogens is 2. The molecule has 1 saturated carbocycles. The lowest BCUT2D eigenvalue weighted by Gasteiger charge is -2.28. The monoisotopic (exact) mass is 278 g/mol. The van der Waals surface area contributed by atoms with E-state index in [0.717, 1.165) is 41.7 Å². The summed E-state index contributed by atoms with van der Waals surface area (Å²) in [6.45, 7) is 0. The van der Waals surface area contributed by atoms with E-state index in [4.69, 9.17) is 10.5 Å². The molecule has 0 aliphatic heterocycles. The van der Waals surface area contributed by atoms with Gasteiger partial charge in [0.05, 0.1) is 16.3 Å². The van der Waals surface area contributed by atoms with Crippen molar-refractivity contribution in [1.29, 1.82) is 0 Å². The van der Waals surface area contributed by atoms with E-state index in [9.17, 15) is 0 Å². The van der Waals surface area contributed by atoms with Gasteiger partial charge in [0.15, 0.2) is 0 Å². The zero-order valence-electron chi connectivity index (χ0n) is 10.9. The number of ether oxygens (including phenoxy) is 1. The summed E-state index contributed by atoms with van der Waals surface area (Å²) in [4.78, 5) is 8.57. The number of nitrogens with one attached hydrogen (secondary N) is 1. The minimum atomic E-state index is 0.332. The average Bonchev–Trinajstić information content (AvgIpc) is 2.88. The van der Waals surface area contributed by atoms with Crippen LogP contribution < -0.4 is 11.1 Å². The van der Waals surface area contributed by atoms with Crippen molar-refractivity contribution in [2.24, 2.45) is 0 Å². The Labute approximate surface area is 116 Å². The minimum absolute atomic E-state index is 0.332. The van der Waals surface area contributed by atoms with Gasteiger partial charge in [-0.05, 0) is 37.1 Å². The number of anilines is 2. The molecule has 6 heteroatoms. The third kappa shape index (κ3) is 2.64. The quantitative estimate of drug-likeness (QED) is 0.903. The zero-order chi connectivity index (χ0) is 13.2. The molecule has 19 heavy (non-hydrogen) atoms. The van der Waals surface area contributed by atoms with E-state index >= 15 is 0 Å². The fourth-order valence-corrected chi connectivity index (χ4v) is 3.40. The first kappa shape index (κ1) is 12.6. The van der Waals surface area contributed by atoms with Crippen LogP contribution in [0.2, 0.25) is 0 Å². The van der Waals surface area contributed by atoms with Crippen molar-refractivity contribution in [1.82, 2.24) is 9.97 Å². The molecule has 0 saturated heterocycles. The summed E-state index contributed by atoms with van der Waals surface area (Å²) in [5, 5.41) is 5.54. The fourth-order valence-electron chi connectivity index (χ4n) is 2.62. The standard InChI is InChI=1S/C13H18N4OS/c1-18-9-4-2-8(3-5-9)15-12-11-10(6-7-19-11)16-13(14)17-12/h6-9H,2-5H2,1H3,(H3,14,15,16,17). The van der Waals surface area contributed by atoms with Crippen molar-refractivity contribution in [2.45, 2.75) is 37.8 Å². The molecule has 2 heterocycles. The molecule has 3 N–H and O–H groups in total. The molecule has 0 spiro atoms. The molecule has 5 nitrogen and oxygen atoms in total. The highest BCUT2D eigenvalue weighted by molar-refractivity contribution is 7.17. The Morgan fingerprint density at radius 2 is 2.11 bits per heavy atom. The molecule has 1 aliphatic carbocycles. The Balaban J connectivity index is 1.76. The van der Waals surface area contributed by atoms with E-state index in [1.54, 1.807) is 18.4 Å². The van der Waals surface area contributed by atoms with Crippen LogP contribution in [0.25, 0.3) is 10.2 Å². The molecule has 2 aromatic rings. The third-order valence-corrected chi connectivity index (χ3v) is 4.58. The van der Waals surface area contributed by atoms with Gasteiger partial charge in [0.25, 0.3) is 0 Å². The van der Waals surface area contributed by atoms with Crippen molar-refractivity contribution in [3.63, 3.8) is 0 Å². The van der Waals surface area contributed by atoms with Crippen molar-refractivity contribution in [3.8, 4) is 0 Å². The van der Waals surface area contributed by atoms with Gasteiger partial charge in [0.2, 0.25) is 5.95 Å². The lowest BCUT2D eigenvalue weighted by molar-refractivity contribution is 0.0681. The predicted octanol–water partition coefficient (Wildman–Crippen LogP) is 2.64. The molecule has 3 rings (SSSR count). The summed E-state index contributed by atoms with van der Waals surface area (Å²) in [6, 6.07) is 2.43. The van der Waals surface area contributed by atoms with Crippen molar-refractivity contribution < 1.29 is 4.74 Å². The second-order valence-electron chi connectivity index (χ2n) is 4.92. The minimum Gasteiger partial charge on any atom is -0.381 e. The molecule has 2 aromatic heterocycles. The van der Waals surface area contributed by atoms with Crippen LogP contribution in [-0.2, 0) is 4.74 Å². The Morgan fingerprint density at radius 1 is 1.32 bits per heavy atom. The summed E-state index contributed by atoms with van der Waals surface area (Å²) in [7, 11) is 1.79. The Bertz CT molecular complexity index is 563. The van der Waals surface area contributed by atoms with Crippen LogP contribution in [0.4, 0.5) is 11.8 Å². The van der Waals surface area contributed by atoms with Crippen molar-refractivity contribution >= 4 is 33.3 Å². The maximum Gasteiger partial charge on any atom is 0.222 e. The predicted molar refractivity (Wildman–Crippen MR) is 78.5 cm³/mol. The number of nitrogens with two attached hydrogens (primary N) is 1. The Hall–Kier alpha value is -1.40. The maximum absolute atomic E-state index is 5.75. The van der Waals surface area contributed by atoms with Crippen molar-refractivity contribution in [2.75, 3.05) is 18.2 Å². The fraction of sp³-hybridized carbons (Fsp3) is 0.538. The van der Waals surface area contributed by atoms with Gasteiger partial charge in [-0.3, -0.25) is 0 Å². The molecule has 0 aromatic carbocycles. The highest BCUT2D eigenvalue weighted by Crippen LogP contribution is 2.29. The molecule has 0 bridgehead atoms. The van der Waals surface area contributed by atoms with E-state index in [-0.39, 0.29) is 0 Å². The Kier molecular flexibility index (Phi) is 3.52. The summed E-state index contributed by atoms with van der Waals surface area (Å²) in [6.07, 6.45) is 4.82. The number of rotatable bonds is 3. The Morgan fingerprint density at radius 3 is 2.84 bits per heavy atom. The molecular weight excluding hydrogens is 260 g/mol. The molecule has 1 aliphatic rings. The summed E-state index contributed by atoms with van der Waals surface area (Å²) in [5.74, 6) is 1.21. The number of nitrogens with zero attached hydrogens (tertiary/aromatic N) is 2. The highest BCUT2D eigenvalue weighted by atomic mass is 32.1. The van der Waals surface area contributed by atoms with Crippen LogP contribution >= 0.6 is 11.3 Å². The first-order chi connectivity index (χ1) is 9.26. The first-order valence-corrected chi connectivity index (χ1v) is 7.44.